The van der Waals surface area contributed by atoms with E-state index in [1.54, 1.807) is 0 Å². The van der Waals surface area contributed by atoms with Gasteiger partial charge in [0.2, 0.25) is 5.91 Å². The molecule has 1 unspecified atom stereocenters. The van der Waals surface area contributed by atoms with E-state index >= 15 is 0 Å². The Labute approximate surface area is 107 Å². The Bertz CT molecular complexity index is 399. The lowest BCUT2D eigenvalue weighted by atomic mass is 10.0. The van der Waals surface area contributed by atoms with Crippen molar-refractivity contribution in [2.75, 3.05) is 26.2 Å². The van der Waals surface area contributed by atoms with Crippen molar-refractivity contribution in [2.24, 2.45) is 0 Å². The Morgan fingerprint density at radius 2 is 2.44 bits per heavy atom. The second kappa shape index (κ2) is 6.37. The number of allylic oxidation sites excluding steroid dienone is 3. The van der Waals surface area contributed by atoms with Crippen LogP contribution in [-0.4, -0.2) is 43.3 Å². The Kier molecular flexibility index (Phi) is 4.55. The van der Waals surface area contributed by atoms with Gasteiger partial charge in [-0.15, -0.1) is 0 Å². The van der Waals surface area contributed by atoms with Gasteiger partial charge in [-0.2, -0.15) is 0 Å². The van der Waals surface area contributed by atoms with Gasteiger partial charge in [0.15, 0.2) is 0 Å². The summed E-state index contributed by atoms with van der Waals surface area (Å²) in [5.74, 6) is -0.111. The van der Waals surface area contributed by atoms with Crippen LogP contribution in [0.15, 0.2) is 35.6 Å². The molecule has 0 saturated carbocycles. The molecule has 2 heterocycles. The fraction of sp³-hybridized carbons (Fsp3) is 0.462. The standard InChI is InChI=1S/C13H19N3O2/c17-9-8-15-13(18)12-3-1-2-11(16-12)10-4-6-14-7-5-10/h1-4,12,14,16-17H,5-9H2,(H,15,18). The monoisotopic (exact) mass is 249 g/mol. The predicted octanol–water partition coefficient (Wildman–Crippen LogP) is -0.573. The molecule has 2 aliphatic rings. The molecule has 18 heavy (non-hydrogen) atoms. The molecule has 0 spiro atoms. The van der Waals surface area contributed by atoms with Gasteiger partial charge in [0.1, 0.15) is 6.04 Å². The zero-order valence-electron chi connectivity index (χ0n) is 10.3. The molecule has 1 atom stereocenters. The molecular formula is C13H19N3O2. The lowest BCUT2D eigenvalue weighted by molar-refractivity contribution is -0.122. The summed E-state index contributed by atoms with van der Waals surface area (Å²) in [5.41, 5.74) is 2.27. The van der Waals surface area contributed by atoms with Crippen LogP contribution in [-0.2, 0) is 4.79 Å². The van der Waals surface area contributed by atoms with Crippen molar-refractivity contribution in [1.29, 1.82) is 0 Å². The molecule has 0 bridgehead atoms. The SMILES string of the molecule is O=C(NCCO)C1C=CC=C(C2=CCNCC2)N1. The van der Waals surface area contributed by atoms with Crippen molar-refractivity contribution in [1.82, 2.24) is 16.0 Å². The van der Waals surface area contributed by atoms with Gasteiger partial charge in [-0.1, -0.05) is 18.2 Å². The number of hydrogen-bond donors (Lipinski definition) is 4. The largest absolute Gasteiger partial charge is 0.395 e. The average Bonchev–Trinajstić information content (AvgIpc) is 2.46. The number of carbonyl (C=O) groups is 1. The Morgan fingerprint density at radius 1 is 1.56 bits per heavy atom. The number of aliphatic hydroxyl groups excluding tert-OH is 1. The highest BCUT2D eigenvalue weighted by Crippen LogP contribution is 2.16. The minimum Gasteiger partial charge on any atom is -0.395 e. The highest BCUT2D eigenvalue weighted by atomic mass is 16.3. The van der Waals surface area contributed by atoms with Crippen LogP contribution in [0.3, 0.4) is 0 Å². The maximum atomic E-state index is 11.8. The lowest BCUT2D eigenvalue weighted by Crippen LogP contribution is -2.44. The third-order valence-electron chi connectivity index (χ3n) is 2.98. The van der Waals surface area contributed by atoms with E-state index in [0.717, 1.165) is 25.2 Å². The highest BCUT2D eigenvalue weighted by molar-refractivity contribution is 5.84. The first-order valence-electron chi connectivity index (χ1n) is 6.25. The smallest absolute Gasteiger partial charge is 0.246 e. The first-order valence-corrected chi connectivity index (χ1v) is 6.25. The molecule has 4 N–H and O–H groups in total. The van der Waals surface area contributed by atoms with Crippen LogP contribution >= 0.6 is 0 Å². The Hall–Kier alpha value is -1.59. The topological polar surface area (TPSA) is 73.4 Å². The van der Waals surface area contributed by atoms with Crippen LogP contribution in [0.25, 0.3) is 0 Å². The van der Waals surface area contributed by atoms with Crippen molar-refractivity contribution in [3.63, 3.8) is 0 Å². The molecule has 0 radical (unpaired) electrons. The molecule has 5 heteroatoms. The molecule has 0 aromatic heterocycles. The number of aliphatic hydroxyl groups is 1. The number of carbonyl (C=O) groups excluding carboxylic acids is 1. The molecule has 2 aliphatic heterocycles. The van der Waals surface area contributed by atoms with Gasteiger partial charge in [-0.3, -0.25) is 4.79 Å². The van der Waals surface area contributed by atoms with Crippen LogP contribution in [0, 0.1) is 0 Å². The minimum atomic E-state index is -0.354. The third-order valence-corrected chi connectivity index (χ3v) is 2.98. The Morgan fingerprint density at radius 3 is 3.17 bits per heavy atom. The second-order valence-electron chi connectivity index (χ2n) is 4.29. The summed E-state index contributed by atoms with van der Waals surface area (Å²) in [4.78, 5) is 11.8. The van der Waals surface area contributed by atoms with Gasteiger partial charge < -0.3 is 21.1 Å². The van der Waals surface area contributed by atoms with E-state index in [4.69, 9.17) is 5.11 Å². The minimum absolute atomic E-state index is 0.0400. The van der Waals surface area contributed by atoms with Gasteiger partial charge in [-0.05, 0) is 24.6 Å². The van der Waals surface area contributed by atoms with Crippen LogP contribution in [0.2, 0.25) is 0 Å². The molecule has 0 fully saturated rings. The van der Waals surface area contributed by atoms with Crippen LogP contribution in [0.5, 0.6) is 0 Å². The fourth-order valence-electron chi connectivity index (χ4n) is 2.04. The van der Waals surface area contributed by atoms with E-state index in [1.165, 1.54) is 5.57 Å². The first-order chi connectivity index (χ1) is 8.81. The summed E-state index contributed by atoms with van der Waals surface area (Å²) in [6.07, 6.45) is 8.82. The maximum Gasteiger partial charge on any atom is 0.246 e. The van der Waals surface area contributed by atoms with Gasteiger partial charge in [0, 0.05) is 18.8 Å². The van der Waals surface area contributed by atoms with Crippen LogP contribution < -0.4 is 16.0 Å². The average molecular weight is 249 g/mol. The molecule has 0 saturated heterocycles. The number of hydrogen-bond acceptors (Lipinski definition) is 4. The van der Waals surface area contributed by atoms with Crippen LogP contribution in [0.1, 0.15) is 6.42 Å². The highest BCUT2D eigenvalue weighted by Gasteiger charge is 2.19. The van der Waals surface area contributed by atoms with E-state index in [1.807, 2.05) is 18.2 Å². The summed E-state index contributed by atoms with van der Waals surface area (Å²) in [7, 11) is 0. The second-order valence-corrected chi connectivity index (χ2v) is 4.29. The molecule has 1 amide bonds. The molecular weight excluding hydrogens is 230 g/mol. The number of nitrogens with one attached hydrogen (secondary N) is 3. The molecule has 98 valence electrons. The summed E-state index contributed by atoms with van der Waals surface area (Å²) < 4.78 is 0. The van der Waals surface area contributed by atoms with Crippen molar-refractivity contribution in [2.45, 2.75) is 12.5 Å². The van der Waals surface area contributed by atoms with Crippen molar-refractivity contribution >= 4 is 5.91 Å². The van der Waals surface area contributed by atoms with Crippen molar-refractivity contribution in [3.8, 4) is 0 Å². The zero-order chi connectivity index (χ0) is 12.8. The molecule has 2 rings (SSSR count). The maximum absolute atomic E-state index is 11.8. The summed E-state index contributed by atoms with van der Waals surface area (Å²) in [6.45, 7) is 2.09. The van der Waals surface area contributed by atoms with E-state index in [9.17, 15) is 4.79 Å². The number of dihydropyridines is 1. The van der Waals surface area contributed by atoms with Crippen molar-refractivity contribution in [3.05, 3.63) is 35.6 Å². The van der Waals surface area contributed by atoms with Crippen molar-refractivity contribution < 1.29 is 9.90 Å². The summed E-state index contributed by atoms with van der Waals surface area (Å²) in [5, 5.41) is 17.8. The predicted molar refractivity (Wildman–Crippen MR) is 69.8 cm³/mol. The molecule has 0 aliphatic carbocycles. The third kappa shape index (κ3) is 3.21. The van der Waals surface area contributed by atoms with E-state index in [2.05, 4.69) is 22.0 Å². The normalized spacial score (nSPS) is 22.8. The van der Waals surface area contributed by atoms with E-state index in [0.29, 0.717) is 0 Å². The number of amides is 1. The zero-order valence-corrected chi connectivity index (χ0v) is 10.3. The van der Waals surface area contributed by atoms with Gasteiger partial charge >= 0.3 is 0 Å². The van der Waals surface area contributed by atoms with E-state index < -0.39 is 0 Å². The number of rotatable bonds is 4. The summed E-state index contributed by atoms with van der Waals surface area (Å²) >= 11 is 0. The van der Waals surface area contributed by atoms with Crippen LogP contribution in [0.4, 0.5) is 0 Å². The Balaban J connectivity index is 1.96. The van der Waals surface area contributed by atoms with E-state index in [-0.39, 0.29) is 25.1 Å². The molecule has 5 nitrogen and oxygen atoms in total. The molecule has 0 aromatic rings. The van der Waals surface area contributed by atoms with Gasteiger partial charge in [0.05, 0.1) is 6.61 Å². The quantitative estimate of drug-likeness (QED) is 0.538. The van der Waals surface area contributed by atoms with Gasteiger partial charge in [0.25, 0.3) is 0 Å². The fourth-order valence-corrected chi connectivity index (χ4v) is 2.04. The lowest BCUT2D eigenvalue weighted by Gasteiger charge is -2.24. The van der Waals surface area contributed by atoms with Gasteiger partial charge in [-0.25, -0.2) is 0 Å². The first kappa shape index (κ1) is 12.9. The molecule has 0 aromatic carbocycles. The summed E-state index contributed by atoms with van der Waals surface area (Å²) in [6, 6.07) is -0.354.